The number of halogens is 1. The van der Waals surface area contributed by atoms with Gasteiger partial charge in [0.05, 0.1) is 3.57 Å². The van der Waals surface area contributed by atoms with Crippen molar-refractivity contribution >= 4 is 28.4 Å². The number of nitrogens with zero attached hydrogens (tertiary/aromatic N) is 2. The zero-order chi connectivity index (χ0) is 11.3. The zero-order valence-electron chi connectivity index (χ0n) is 9.55. The van der Waals surface area contributed by atoms with Gasteiger partial charge in [0.25, 0.3) is 0 Å². The highest BCUT2D eigenvalue weighted by Crippen LogP contribution is 2.19. The van der Waals surface area contributed by atoms with Crippen molar-refractivity contribution in [3.63, 3.8) is 0 Å². The average molecular weight is 319 g/mol. The summed E-state index contributed by atoms with van der Waals surface area (Å²) in [5.41, 5.74) is 0. The van der Waals surface area contributed by atoms with Crippen LogP contribution in [0.3, 0.4) is 0 Å². The van der Waals surface area contributed by atoms with E-state index in [-0.39, 0.29) is 0 Å². The van der Waals surface area contributed by atoms with Gasteiger partial charge in [0.2, 0.25) is 0 Å². The fourth-order valence-corrected chi connectivity index (χ4v) is 1.62. The van der Waals surface area contributed by atoms with Crippen LogP contribution in [0.2, 0.25) is 0 Å². The lowest BCUT2D eigenvalue weighted by Gasteiger charge is -2.11. The normalized spacial score (nSPS) is 12.5. The van der Waals surface area contributed by atoms with E-state index in [0.29, 0.717) is 5.92 Å². The second-order valence-electron chi connectivity index (χ2n) is 3.66. The third kappa shape index (κ3) is 3.59. The number of hydrogen-bond acceptors (Lipinski definition) is 3. The first-order valence-electron chi connectivity index (χ1n) is 5.45. The summed E-state index contributed by atoms with van der Waals surface area (Å²) in [5.74, 6) is 2.35. The van der Waals surface area contributed by atoms with Gasteiger partial charge < -0.3 is 5.32 Å². The molecule has 1 heterocycles. The number of hydrogen-bond donors (Lipinski definition) is 1. The molecule has 1 rings (SSSR count). The molecule has 0 amide bonds. The summed E-state index contributed by atoms with van der Waals surface area (Å²) < 4.78 is 1.09. The van der Waals surface area contributed by atoms with E-state index in [1.807, 2.05) is 6.20 Å². The van der Waals surface area contributed by atoms with Gasteiger partial charge in [-0.15, -0.1) is 0 Å². The average Bonchev–Trinajstić information content (AvgIpc) is 2.27. The Hall–Kier alpha value is -0.390. The van der Waals surface area contributed by atoms with Crippen molar-refractivity contribution in [2.75, 3.05) is 11.9 Å². The highest BCUT2D eigenvalue weighted by molar-refractivity contribution is 14.1. The van der Waals surface area contributed by atoms with Crippen molar-refractivity contribution in [2.45, 2.75) is 39.5 Å². The number of anilines is 1. The molecule has 1 unspecified atom stereocenters. The Labute approximate surface area is 105 Å². The summed E-state index contributed by atoms with van der Waals surface area (Å²) in [6.45, 7) is 7.43. The van der Waals surface area contributed by atoms with E-state index in [1.54, 1.807) is 0 Å². The summed E-state index contributed by atoms with van der Waals surface area (Å²) in [7, 11) is 0. The SMILES string of the molecule is CCCNc1nc(C(C)CC)ncc1I. The summed E-state index contributed by atoms with van der Waals surface area (Å²) in [6.07, 6.45) is 4.08. The molecule has 0 aliphatic rings. The predicted octanol–water partition coefficient (Wildman–Crippen LogP) is 3.42. The second kappa shape index (κ2) is 6.25. The van der Waals surface area contributed by atoms with Crippen LogP contribution in [0.25, 0.3) is 0 Å². The fraction of sp³-hybridized carbons (Fsp3) is 0.636. The molecule has 0 saturated heterocycles. The smallest absolute Gasteiger partial charge is 0.143 e. The summed E-state index contributed by atoms with van der Waals surface area (Å²) in [5, 5.41) is 3.32. The molecular weight excluding hydrogens is 301 g/mol. The lowest BCUT2D eigenvalue weighted by Crippen LogP contribution is -2.08. The topological polar surface area (TPSA) is 37.8 Å². The van der Waals surface area contributed by atoms with E-state index in [2.05, 4.69) is 58.6 Å². The lowest BCUT2D eigenvalue weighted by molar-refractivity contribution is 0.677. The van der Waals surface area contributed by atoms with Crippen LogP contribution in [-0.2, 0) is 0 Å². The maximum atomic E-state index is 4.55. The second-order valence-corrected chi connectivity index (χ2v) is 4.82. The monoisotopic (exact) mass is 319 g/mol. The van der Waals surface area contributed by atoms with E-state index >= 15 is 0 Å². The zero-order valence-corrected chi connectivity index (χ0v) is 11.7. The van der Waals surface area contributed by atoms with Crippen LogP contribution in [0.4, 0.5) is 5.82 Å². The Balaban J connectivity index is 2.84. The van der Waals surface area contributed by atoms with Gasteiger partial charge in [-0.1, -0.05) is 20.8 Å². The fourth-order valence-electron chi connectivity index (χ4n) is 1.17. The number of aromatic nitrogens is 2. The molecule has 0 aliphatic carbocycles. The van der Waals surface area contributed by atoms with E-state index < -0.39 is 0 Å². The minimum atomic E-state index is 0.434. The molecule has 3 nitrogen and oxygen atoms in total. The van der Waals surface area contributed by atoms with Crippen molar-refractivity contribution in [1.29, 1.82) is 0 Å². The predicted molar refractivity (Wildman–Crippen MR) is 72.2 cm³/mol. The molecule has 1 atom stereocenters. The van der Waals surface area contributed by atoms with Crippen LogP contribution in [0.1, 0.15) is 45.4 Å². The quantitative estimate of drug-likeness (QED) is 0.845. The first kappa shape index (κ1) is 12.7. The molecular formula is C11H18IN3. The molecule has 1 aromatic rings. The van der Waals surface area contributed by atoms with Gasteiger partial charge in [-0.2, -0.15) is 0 Å². The van der Waals surface area contributed by atoms with Crippen LogP contribution in [0.5, 0.6) is 0 Å². The number of rotatable bonds is 5. The molecule has 0 saturated carbocycles. The summed E-state index contributed by atoms with van der Waals surface area (Å²) in [4.78, 5) is 8.91. The summed E-state index contributed by atoms with van der Waals surface area (Å²) in [6, 6.07) is 0. The van der Waals surface area contributed by atoms with Crippen LogP contribution in [-0.4, -0.2) is 16.5 Å². The van der Waals surface area contributed by atoms with Crippen LogP contribution in [0.15, 0.2) is 6.20 Å². The lowest BCUT2D eigenvalue weighted by atomic mass is 10.1. The molecule has 0 radical (unpaired) electrons. The molecule has 15 heavy (non-hydrogen) atoms. The van der Waals surface area contributed by atoms with Gasteiger partial charge in [0.1, 0.15) is 11.6 Å². The van der Waals surface area contributed by atoms with E-state index in [1.165, 1.54) is 0 Å². The Morgan fingerprint density at radius 1 is 1.47 bits per heavy atom. The Bertz CT molecular complexity index is 315. The highest BCUT2D eigenvalue weighted by atomic mass is 127. The molecule has 0 aliphatic heterocycles. The van der Waals surface area contributed by atoms with E-state index in [4.69, 9.17) is 0 Å². The Kier molecular flexibility index (Phi) is 5.28. The van der Waals surface area contributed by atoms with Crippen molar-refractivity contribution in [2.24, 2.45) is 0 Å². The standard InChI is InChI=1S/C11H18IN3/c1-4-6-13-11-9(12)7-14-10(15-11)8(3)5-2/h7-8H,4-6H2,1-3H3,(H,13,14,15). The minimum Gasteiger partial charge on any atom is -0.369 e. The highest BCUT2D eigenvalue weighted by Gasteiger charge is 2.09. The molecule has 84 valence electrons. The first-order valence-corrected chi connectivity index (χ1v) is 6.53. The third-order valence-corrected chi connectivity index (χ3v) is 3.15. The van der Waals surface area contributed by atoms with Gasteiger partial charge >= 0.3 is 0 Å². The Morgan fingerprint density at radius 3 is 2.80 bits per heavy atom. The van der Waals surface area contributed by atoms with Crippen LogP contribution in [0, 0.1) is 3.57 Å². The number of nitrogens with one attached hydrogen (secondary N) is 1. The van der Waals surface area contributed by atoms with Gasteiger partial charge in [-0.3, -0.25) is 0 Å². The largest absolute Gasteiger partial charge is 0.369 e. The van der Waals surface area contributed by atoms with E-state index in [9.17, 15) is 0 Å². The minimum absolute atomic E-state index is 0.434. The van der Waals surface area contributed by atoms with E-state index in [0.717, 1.165) is 34.6 Å². The molecule has 0 spiro atoms. The van der Waals surface area contributed by atoms with Crippen molar-refractivity contribution in [1.82, 2.24) is 9.97 Å². The molecule has 0 fully saturated rings. The molecule has 0 bridgehead atoms. The van der Waals surface area contributed by atoms with Gasteiger partial charge in [-0.25, -0.2) is 9.97 Å². The van der Waals surface area contributed by atoms with Crippen molar-refractivity contribution in [3.8, 4) is 0 Å². The van der Waals surface area contributed by atoms with Crippen molar-refractivity contribution < 1.29 is 0 Å². The van der Waals surface area contributed by atoms with Gasteiger partial charge in [0.15, 0.2) is 0 Å². The maximum Gasteiger partial charge on any atom is 0.143 e. The first-order chi connectivity index (χ1) is 7.19. The van der Waals surface area contributed by atoms with Crippen LogP contribution >= 0.6 is 22.6 Å². The van der Waals surface area contributed by atoms with Crippen LogP contribution < -0.4 is 5.32 Å². The van der Waals surface area contributed by atoms with Gasteiger partial charge in [-0.05, 0) is 35.4 Å². The summed E-state index contributed by atoms with van der Waals surface area (Å²) >= 11 is 2.26. The van der Waals surface area contributed by atoms with Gasteiger partial charge in [0, 0.05) is 18.7 Å². The molecule has 1 N–H and O–H groups in total. The molecule has 1 aromatic heterocycles. The third-order valence-electron chi connectivity index (χ3n) is 2.36. The maximum absolute atomic E-state index is 4.55. The molecule has 4 heteroatoms. The van der Waals surface area contributed by atoms with Crippen molar-refractivity contribution in [3.05, 3.63) is 15.6 Å². The molecule has 0 aromatic carbocycles. The Morgan fingerprint density at radius 2 is 2.20 bits per heavy atom.